The lowest BCUT2D eigenvalue weighted by molar-refractivity contribution is 1.10. The predicted octanol–water partition coefficient (Wildman–Crippen LogP) is 10.1. The fraction of sp³-hybridized carbons (Fsp3) is 0. The Morgan fingerprint density at radius 3 is 1.72 bits per heavy atom. The molecule has 4 nitrogen and oxygen atoms in total. The molecule has 0 N–H and O–H groups in total. The zero-order chi connectivity index (χ0) is 28.3. The van der Waals surface area contributed by atoms with Gasteiger partial charge in [-0.05, 0) is 48.5 Å². The summed E-state index contributed by atoms with van der Waals surface area (Å²) in [6, 6.07) is 51.5. The lowest BCUT2D eigenvalue weighted by atomic mass is 10.1. The first-order valence-electron chi connectivity index (χ1n) is 14.4. The number of hydrogen-bond donors (Lipinski definition) is 0. The average molecular weight is 569 g/mol. The van der Waals surface area contributed by atoms with Gasteiger partial charge in [0.15, 0.2) is 0 Å². The van der Waals surface area contributed by atoms with Gasteiger partial charge >= 0.3 is 0 Å². The molecule has 0 bridgehead atoms. The van der Waals surface area contributed by atoms with Crippen LogP contribution < -0.4 is 0 Å². The van der Waals surface area contributed by atoms with E-state index in [4.69, 9.17) is 10.2 Å². The second-order valence-electron chi connectivity index (χ2n) is 10.7. The molecule has 0 unspecified atom stereocenters. The maximum Gasteiger partial charge on any atom is 0.150 e. The summed E-state index contributed by atoms with van der Waals surface area (Å²) < 4.78 is 4.70. The Morgan fingerprint density at radius 1 is 0.419 bits per heavy atom. The lowest BCUT2D eigenvalue weighted by Crippen LogP contribution is -1.94. The largest absolute Gasteiger partial charge is 0.309 e. The van der Waals surface area contributed by atoms with E-state index in [1.807, 2.05) is 0 Å². The molecule has 0 fully saturated rings. The van der Waals surface area contributed by atoms with E-state index in [1.54, 1.807) is 11.3 Å². The predicted molar refractivity (Wildman–Crippen MR) is 179 cm³/mol. The van der Waals surface area contributed by atoms with Crippen molar-refractivity contribution in [3.63, 3.8) is 0 Å². The molecular formula is C38H24N4S. The van der Waals surface area contributed by atoms with E-state index in [9.17, 15) is 0 Å². The zero-order valence-corrected chi connectivity index (χ0v) is 23.9. The minimum absolute atomic E-state index is 0.904. The lowest BCUT2D eigenvalue weighted by Gasteiger charge is -2.09. The molecular weight excluding hydrogens is 545 g/mol. The molecule has 0 aliphatic rings. The van der Waals surface area contributed by atoms with E-state index in [2.05, 4.69) is 155 Å². The van der Waals surface area contributed by atoms with E-state index < -0.39 is 0 Å². The summed E-state index contributed by atoms with van der Waals surface area (Å²) in [4.78, 5) is 0. The maximum atomic E-state index is 4.77. The summed E-state index contributed by atoms with van der Waals surface area (Å²) in [6.07, 6.45) is 0. The van der Waals surface area contributed by atoms with Crippen LogP contribution >= 0.6 is 11.3 Å². The Morgan fingerprint density at radius 2 is 0.977 bits per heavy atom. The van der Waals surface area contributed by atoms with Gasteiger partial charge in [0, 0.05) is 44.0 Å². The third kappa shape index (κ3) is 3.69. The van der Waals surface area contributed by atoms with Crippen LogP contribution in [-0.2, 0) is 0 Å². The van der Waals surface area contributed by atoms with Crippen LogP contribution in [0.4, 0.5) is 0 Å². The molecule has 0 amide bonds. The minimum Gasteiger partial charge on any atom is -0.309 e. The molecule has 9 rings (SSSR count). The summed E-state index contributed by atoms with van der Waals surface area (Å²) in [5.41, 5.74) is 9.10. The minimum atomic E-state index is 0.904. The molecule has 3 aromatic heterocycles. The SMILES string of the molecule is c1ccc(-n2c3ccccc3c3ccc(-c4nnc(-c5cccc6c7ccccc7n(-c7ccccc7)c56)s4)cc32)cc1. The van der Waals surface area contributed by atoms with Crippen LogP contribution in [0.15, 0.2) is 146 Å². The van der Waals surface area contributed by atoms with Gasteiger partial charge in [-0.1, -0.05) is 108 Å². The van der Waals surface area contributed by atoms with Gasteiger partial charge in [0.05, 0.1) is 22.1 Å². The molecule has 43 heavy (non-hydrogen) atoms. The number of rotatable bonds is 4. The zero-order valence-electron chi connectivity index (χ0n) is 23.1. The molecule has 0 spiro atoms. The normalized spacial score (nSPS) is 11.7. The highest BCUT2D eigenvalue weighted by atomic mass is 32.1. The van der Waals surface area contributed by atoms with Gasteiger partial charge in [0.2, 0.25) is 0 Å². The fourth-order valence-electron chi connectivity index (χ4n) is 6.44. The van der Waals surface area contributed by atoms with Gasteiger partial charge in [-0.15, -0.1) is 10.2 Å². The molecule has 0 saturated heterocycles. The smallest absolute Gasteiger partial charge is 0.150 e. The summed E-state index contributed by atoms with van der Waals surface area (Å²) in [5, 5.41) is 16.2. The van der Waals surface area contributed by atoms with Gasteiger partial charge in [-0.3, -0.25) is 0 Å². The van der Waals surface area contributed by atoms with Crippen molar-refractivity contribution in [3.05, 3.63) is 146 Å². The molecule has 0 aliphatic carbocycles. The number of para-hydroxylation sites is 5. The Labute approximate surface area is 251 Å². The van der Waals surface area contributed by atoms with Crippen molar-refractivity contribution in [3.8, 4) is 32.5 Å². The average Bonchev–Trinajstić information content (AvgIpc) is 3.78. The highest BCUT2D eigenvalue weighted by Crippen LogP contribution is 2.41. The van der Waals surface area contributed by atoms with E-state index in [1.165, 1.54) is 32.6 Å². The molecule has 0 aliphatic heterocycles. The van der Waals surface area contributed by atoms with Crippen LogP contribution in [0, 0.1) is 0 Å². The van der Waals surface area contributed by atoms with Crippen LogP contribution in [0.1, 0.15) is 0 Å². The van der Waals surface area contributed by atoms with Gasteiger partial charge in [-0.2, -0.15) is 0 Å². The van der Waals surface area contributed by atoms with Crippen molar-refractivity contribution in [1.29, 1.82) is 0 Å². The second-order valence-corrected chi connectivity index (χ2v) is 11.7. The first-order chi connectivity index (χ1) is 21.3. The molecule has 6 aromatic carbocycles. The number of nitrogens with zero attached hydrogens (tertiary/aromatic N) is 4. The van der Waals surface area contributed by atoms with Crippen LogP contribution in [0.3, 0.4) is 0 Å². The monoisotopic (exact) mass is 568 g/mol. The van der Waals surface area contributed by atoms with Gasteiger partial charge in [-0.25, -0.2) is 0 Å². The van der Waals surface area contributed by atoms with Crippen molar-refractivity contribution < 1.29 is 0 Å². The molecule has 0 atom stereocenters. The molecule has 0 radical (unpaired) electrons. The summed E-state index contributed by atoms with van der Waals surface area (Å²) in [6.45, 7) is 0. The van der Waals surface area contributed by atoms with Crippen molar-refractivity contribution in [1.82, 2.24) is 19.3 Å². The van der Waals surface area contributed by atoms with Crippen molar-refractivity contribution in [2.75, 3.05) is 0 Å². The maximum absolute atomic E-state index is 4.77. The third-order valence-corrected chi connectivity index (χ3v) is 9.31. The number of fused-ring (bicyclic) bond motifs is 6. The van der Waals surface area contributed by atoms with Crippen LogP contribution in [0.25, 0.3) is 76.1 Å². The Bertz CT molecular complexity index is 2450. The number of aromatic nitrogens is 4. The van der Waals surface area contributed by atoms with Crippen LogP contribution in [-0.4, -0.2) is 19.3 Å². The quantitative estimate of drug-likeness (QED) is 0.212. The summed E-state index contributed by atoms with van der Waals surface area (Å²) in [5.74, 6) is 0. The first-order valence-corrected chi connectivity index (χ1v) is 15.2. The van der Waals surface area contributed by atoms with Crippen molar-refractivity contribution >= 4 is 54.9 Å². The van der Waals surface area contributed by atoms with E-state index in [0.717, 1.165) is 43.6 Å². The van der Waals surface area contributed by atoms with Crippen molar-refractivity contribution in [2.24, 2.45) is 0 Å². The molecule has 3 heterocycles. The van der Waals surface area contributed by atoms with Gasteiger partial charge < -0.3 is 9.13 Å². The van der Waals surface area contributed by atoms with Gasteiger partial charge in [0.1, 0.15) is 10.0 Å². The third-order valence-electron chi connectivity index (χ3n) is 8.30. The molecule has 9 aromatic rings. The van der Waals surface area contributed by atoms with Crippen LogP contribution in [0.2, 0.25) is 0 Å². The molecule has 0 saturated carbocycles. The van der Waals surface area contributed by atoms with Gasteiger partial charge in [0.25, 0.3) is 0 Å². The number of hydrogen-bond acceptors (Lipinski definition) is 3. The van der Waals surface area contributed by atoms with Crippen LogP contribution in [0.5, 0.6) is 0 Å². The van der Waals surface area contributed by atoms with Crippen molar-refractivity contribution in [2.45, 2.75) is 0 Å². The topological polar surface area (TPSA) is 35.6 Å². The Balaban J connectivity index is 1.24. The highest BCUT2D eigenvalue weighted by Gasteiger charge is 2.20. The summed E-state index contributed by atoms with van der Waals surface area (Å²) in [7, 11) is 0. The number of benzene rings is 6. The summed E-state index contributed by atoms with van der Waals surface area (Å²) >= 11 is 1.64. The Hall–Kier alpha value is -5.52. The van der Waals surface area contributed by atoms with E-state index >= 15 is 0 Å². The second kappa shape index (κ2) is 9.51. The standard InChI is InChI=1S/C38H24N4S/c1-3-12-26(13-4-1)41-33-20-9-7-16-28(33)30-23-22-25(24-35(30)41)37-39-40-38(43-37)32-19-11-18-31-29-17-8-10-21-34(29)42(36(31)32)27-14-5-2-6-15-27/h1-24H. The fourth-order valence-corrected chi connectivity index (χ4v) is 7.31. The molecule has 202 valence electrons. The van der Waals surface area contributed by atoms with E-state index in [-0.39, 0.29) is 0 Å². The Kier molecular flexibility index (Phi) is 5.33. The first kappa shape index (κ1) is 24.1. The molecule has 5 heteroatoms. The van der Waals surface area contributed by atoms with E-state index in [0.29, 0.717) is 0 Å². The highest BCUT2D eigenvalue weighted by molar-refractivity contribution is 7.18.